The quantitative estimate of drug-likeness (QED) is 0.753. The molecule has 0 aliphatic rings. The highest BCUT2D eigenvalue weighted by molar-refractivity contribution is 6.04. The fourth-order valence-electron chi connectivity index (χ4n) is 2.29. The van der Waals surface area contributed by atoms with E-state index in [0.29, 0.717) is 11.2 Å². The summed E-state index contributed by atoms with van der Waals surface area (Å²) in [5.74, 6) is -0.269. The molecule has 2 heterocycles. The average Bonchev–Trinajstić information content (AvgIpc) is 2.79. The lowest BCUT2D eigenvalue weighted by molar-refractivity contribution is 0.102. The van der Waals surface area contributed by atoms with Gasteiger partial charge in [0.25, 0.3) is 5.91 Å². The van der Waals surface area contributed by atoms with E-state index in [1.807, 2.05) is 32.0 Å². The molecule has 1 aromatic carbocycles. The Morgan fingerprint density at radius 3 is 2.62 bits per heavy atom. The molecule has 6 nitrogen and oxygen atoms in total. The van der Waals surface area contributed by atoms with E-state index in [4.69, 9.17) is 0 Å². The van der Waals surface area contributed by atoms with Crippen molar-refractivity contribution in [3.05, 3.63) is 63.7 Å². The second-order valence-electron chi connectivity index (χ2n) is 5.01. The van der Waals surface area contributed by atoms with Gasteiger partial charge in [-0.1, -0.05) is 6.07 Å². The van der Waals surface area contributed by atoms with Crippen LogP contribution in [-0.2, 0) is 0 Å². The van der Waals surface area contributed by atoms with Crippen LogP contribution in [0.5, 0.6) is 0 Å². The second kappa shape index (κ2) is 4.90. The first-order valence-electron chi connectivity index (χ1n) is 6.49. The lowest BCUT2D eigenvalue weighted by atomic mass is 10.1. The van der Waals surface area contributed by atoms with Crippen molar-refractivity contribution >= 4 is 17.2 Å². The van der Waals surface area contributed by atoms with Gasteiger partial charge in [0.05, 0.1) is 5.56 Å². The minimum atomic E-state index is -0.369. The van der Waals surface area contributed by atoms with Gasteiger partial charge in [0.2, 0.25) is 0 Å². The van der Waals surface area contributed by atoms with Crippen LogP contribution < -0.4 is 11.0 Å². The first-order chi connectivity index (χ1) is 10.0. The van der Waals surface area contributed by atoms with Gasteiger partial charge in [0.1, 0.15) is 0 Å². The van der Waals surface area contributed by atoms with Crippen molar-refractivity contribution in [2.45, 2.75) is 13.8 Å². The monoisotopic (exact) mass is 282 g/mol. The molecule has 0 bridgehead atoms. The largest absolute Gasteiger partial charge is 0.347 e. The third-order valence-electron chi connectivity index (χ3n) is 3.15. The fourth-order valence-corrected chi connectivity index (χ4v) is 2.29. The number of H-pyrrole nitrogens is 1. The lowest BCUT2D eigenvalue weighted by Crippen LogP contribution is -2.15. The number of amides is 1. The third-order valence-corrected chi connectivity index (χ3v) is 3.15. The van der Waals surface area contributed by atoms with Crippen LogP contribution >= 0.6 is 0 Å². The molecule has 2 aromatic heterocycles. The first-order valence-corrected chi connectivity index (χ1v) is 6.49. The molecule has 1 amide bonds. The highest BCUT2D eigenvalue weighted by Gasteiger charge is 2.09. The van der Waals surface area contributed by atoms with E-state index < -0.39 is 0 Å². The second-order valence-corrected chi connectivity index (χ2v) is 5.01. The van der Waals surface area contributed by atoms with Gasteiger partial charge in [-0.05, 0) is 49.2 Å². The summed E-state index contributed by atoms with van der Waals surface area (Å²) >= 11 is 0. The van der Waals surface area contributed by atoms with Gasteiger partial charge in [0, 0.05) is 11.9 Å². The highest BCUT2D eigenvalue weighted by atomic mass is 16.2. The van der Waals surface area contributed by atoms with Gasteiger partial charge < -0.3 is 5.32 Å². The van der Waals surface area contributed by atoms with Crippen molar-refractivity contribution in [1.82, 2.24) is 14.6 Å². The zero-order valence-electron chi connectivity index (χ0n) is 11.7. The van der Waals surface area contributed by atoms with Gasteiger partial charge in [-0.25, -0.2) is 14.3 Å². The molecule has 0 aliphatic carbocycles. The Bertz CT molecular complexity index is 872. The number of fused-ring (bicyclic) bond motifs is 1. The number of nitrogens with one attached hydrogen (secondary N) is 2. The predicted octanol–water partition coefficient (Wildman–Crippen LogP) is 1.89. The molecule has 3 aromatic rings. The van der Waals surface area contributed by atoms with Crippen LogP contribution in [0.4, 0.5) is 5.69 Å². The molecule has 0 aliphatic heterocycles. The van der Waals surface area contributed by atoms with Crippen molar-refractivity contribution < 1.29 is 4.79 Å². The molecular weight excluding hydrogens is 268 g/mol. The number of anilines is 1. The van der Waals surface area contributed by atoms with Crippen LogP contribution in [0.2, 0.25) is 0 Å². The summed E-state index contributed by atoms with van der Waals surface area (Å²) in [7, 11) is 0. The molecule has 0 saturated carbocycles. The molecule has 2 N–H and O–H groups in total. The number of aromatic nitrogens is 3. The number of rotatable bonds is 2. The third kappa shape index (κ3) is 2.55. The van der Waals surface area contributed by atoms with Crippen molar-refractivity contribution in [3.63, 3.8) is 0 Å². The Labute approximate surface area is 120 Å². The van der Waals surface area contributed by atoms with Gasteiger partial charge in [0.15, 0.2) is 5.65 Å². The number of hydrogen-bond donors (Lipinski definition) is 2. The van der Waals surface area contributed by atoms with E-state index in [0.717, 1.165) is 16.8 Å². The first kappa shape index (κ1) is 13.1. The standard InChI is InChI=1S/C15H14N4O2/c1-9-5-10(2)7-12(6-9)16-14(20)11-3-4-13-17-18-15(21)19(13)8-11/h3-8H,1-2H3,(H,16,20)(H,18,21). The Hall–Kier alpha value is -2.89. The lowest BCUT2D eigenvalue weighted by Gasteiger charge is -2.07. The summed E-state index contributed by atoms with van der Waals surface area (Å²) in [6, 6.07) is 9.08. The molecule has 6 heteroatoms. The molecule has 0 atom stereocenters. The van der Waals surface area contributed by atoms with E-state index in [1.54, 1.807) is 12.1 Å². The minimum Gasteiger partial charge on any atom is -0.322 e. The topological polar surface area (TPSA) is 79.3 Å². The van der Waals surface area contributed by atoms with E-state index in [9.17, 15) is 9.59 Å². The van der Waals surface area contributed by atoms with E-state index in [2.05, 4.69) is 15.5 Å². The van der Waals surface area contributed by atoms with E-state index >= 15 is 0 Å². The molecule has 106 valence electrons. The summed E-state index contributed by atoms with van der Waals surface area (Å²) in [5.41, 5.74) is 3.38. The Morgan fingerprint density at radius 1 is 1.19 bits per heavy atom. The number of benzene rings is 1. The molecule has 0 unspecified atom stereocenters. The number of aryl methyl sites for hydroxylation is 2. The maximum atomic E-state index is 12.3. The number of pyridine rings is 1. The molecule has 3 rings (SSSR count). The van der Waals surface area contributed by atoms with Crippen molar-refractivity contribution in [1.29, 1.82) is 0 Å². The van der Waals surface area contributed by atoms with Gasteiger partial charge >= 0.3 is 5.69 Å². The van der Waals surface area contributed by atoms with E-state index in [1.165, 1.54) is 10.6 Å². The number of hydrogen-bond acceptors (Lipinski definition) is 3. The zero-order chi connectivity index (χ0) is 15.0. The van der Waals surface area contributed by atoms with Gasteiger partial charge in [-0.2, -0.15) is 5.10 Å². The normalized spacial score (nSPS) is 10.8. The van der Waals surface area contributed by atoms with Gasteiger partial charge in [-0.3, -0.25) is 4.79 Å². The number of carbonyl (C=O) groups is 1. The summed E-state index contributed by atoms with van der Waals surface area (Å²) < 4.78 is 1.30. The number of aromatic amines is 1. The summed E-state index contributed by atoms with van der Waals surface area (Å²) in [6.45, 7) is 3.94. The maximum Gasteiger partial charge on any atom is 0.347 e. The summed E-state index contributed by atoms with van der Waals surface area (Å²) in [6.07, 6.45) is 1.47. The fraction of sp³-hybridized carbons (Fsp3) is 0.133. The van der Waals surface area contributed by atoms with Crippen molar-refractivity contribution in [3.8, 4) is 0 Å². The van der Waals surface area contributed by atoms with Crippen LogP contribution in [0.1, 0.15) is 21.5 Å². The predicted molar refractivity (Wildman–Crippen MR) is 79.7 cm³/mol. The molecule has 0 fully saturated rings. The van der Waals surface area contributed by atoms with Crippen LogP contribution in [0, 0.1) is 13.8 Å². The SMILES string of the molecule is Cc1cc(C)cc(NC(=O)c2ccc3n[nH]c(=O)n3c2)c1. The number of carbonyl (C=O) groups excluding carboxylic acids is 1. The number of nitrogens with zero attached hydrogens (tertiary/aromatic N) is 2. The molecule has 0 radical (unpaired) electrons. The Morgan fingerprint density at radius 2 is 1.90 bits per heavy atom. The highest BCUT2D eigenvalue weighted by Crippen LogP contribution is 2.15. The van der Waals surface area contributed by atoms with Crippen LogP contribution in [-0.4, -0.2) is 20.5 Å². The van der Waals surface area contributed by atoms with Crippen molar-refractivity contribution in [2.75, 3.05) is 5.32 Å². The maximum absolute atomic E-state index is 12.3. The molecule has 21 heavy (non-hydrogen) atoms. The van der Waals surface area contributed by atoms with Gasteiger partial charge in [-0.15, -0.1) is 0 Å². The average molecular weight is 282 g/mol. The van der Waals surface area contributed by atoms with Crippen LogP contribution in [0.25, 0.3) is 5.65 Å². The summed E-state index contributed by atoms with van der Waals surface area (Å²) in [4.78, 5) is 23.8. The summed E-state index contributed by atoms with van der Waals surface area (Å²) in [5, 5.41) is 8.98. The Kier molecular flexibility index (Phi) is 3.06. The Balaban J connectivity index is 1.92. The van der Waals surface area contributed by atoms with Crippen LogP contribution in [0.15, 0.2) is 41.3 Å². The van der Waals surface area contributed by atoms with E-state index in [-0.39, 0.29) is 11.6 Å². The molecule has 0 saturated heterocycles. The van der Waals surface area contributed by atoms with Crippen molar-refractivity contribution in [2.24, 2.45) is 0 Å². The zero-order valence-corrected chi connectivity index (χ0v) is 11.7. The molecular formula is C15H14N4O2. The smallest absolute Gasteiger partial charge is 0.322 e. The molecule has 0 spiro atoms. The van der Waals surface area contributed by atoms with Crippen LogP contribution in [0.3, 0.4) is 0 Å². The minimum absolute atomic E-state index is 0.269.